The van der Waals surface area contributed by atoms with Crippen LogP contribution in [0.5, 0.6) is 0 Å². The Kier molecular flexibility index (Phi) is 2.16. The van der Waals surface area contributed by atoms with E-state index in [1.807, 2.05) is 0 Å². The molecule has 0 amide bonds. The first-order valence-electron chi connectivity index (χ1n) is 3.46. The average Bonchev–Trinajstić information content (AvgIpc) is 2.61. The van der Waals surface area contributed by atoms with Crippen molar-refractivity contribution in [3.05, 3.63) is 34.8 Å². The van der Waals surface area contributed by atoms with Gasteiger partial charge in [0, 0.05) is 18.5 Å². The fourth-order valence-electron chi connectivity index (χ4n) is 0.916. The molecule has 0 unspecified atom stereocenters. The van der Waals surface area contributed by atoms with Crippen molar-refractivity contribution in [3.8, 4) is 5.69 Å². The van der Waals surface area contributed by atoms with Gasteiger partial charge in [-0.2, -0.15) is 5.10 Å². The molecule has 2 heterocycles. The van der Waals surface area contributed by atoms with Crippen LogP contribution in [0.25, 0.3) is 5.69 Å². The Labute approximate surface area is 84.1 Å². The lowest BCUT2D eigenvalue weighted by molar-refractivity contribution is 0.860. The van der Waals surface area contributed by atoms with E-state index in [9.17, 15) is 0 Å². The minimum Gasteiger partial charge on any atom is -0.238 e. The molecule has 13 heavy (non-hydrogen) atoms. The summed E-state index contributed by atoms with van der Waals surface area (Å²) >= 11 is 11.5. The third kappa shape index (κ3) is 1.64. The molecule has 2 rings (SSSR count). The van der Waals surface area contributed by atoms with E-state index < -0.39 is 0 Å². The molecule has 0 saturated carbocycles. The van der Waals surface area contributed by atoms with E-state index in [1.54, 1.807) is 29.2 Å². The summed E-state index contributed by atoms with van der Waals surface area (Å²) in [5, 5.41) is 11.8. The first kappa shape index (κ1) is 8.47. The van der Waals surface area contributed by atoms with Gasteiger partial charge in [0.05, 0.1) is 0 Å². The third-order valence-corrected chi connectivity index (χ3v) is 1.91. The second kappa shape index (κ2) is 3.32. The lowest BCUT2D eigenvalue weighted by Crippen LogP contribution is -1.98. The smallest absolute Gasteiger partial charge is 0.177 e. The monoisotopic (exact) mass is 214 g/mol. The highest BCUT2D eigenvalue weighted by Crippen LogP contribution is 2.18. The van der Waals surface area contributed by atoms with Gasteiger partial charge in [-0.15, -0.1) is 10.2 Å². The predicted molar refractivity (Wildman–Crippen MR) is 49.2 cm³/mol. The molecule has 4 nitrogen and oxygen atoms in total. The minimum absolute atomic E-state index is 0.271. The van der Waals surface area contributed by atoms with E-state index in [1.165, 1.54) is 0 Å². The molecular weight excluding hydrogens is 211 g/mol. The van der Waals surface area contributed by atoms with E-state index in [0.717, 1.165) is 0 Å². The Morgan fingerprint density at radius 3 is 2.77 bits per heavy atom. The summed E-state index contributed by atoms with van der Waals surface area (Å²) < 4.78 is 1.57. The zero-order valence-corrected chi connectivity index (χ0v) is 7.87. The van der Waals surface area contributed by atoms with Gasteiger partial charge < -0.3 is 0 Å². The van der Waals surface area contributed by atoms with E-state index >= 15 is 0 Å². The Morgan fingerprint density at radius 1 is 1.23 bits per heavy atom. The van der Waals surface area contributed by atoms with Gasteiger partial charge in [-0.05, 0) is 6.07 Å². The molecule has 0 atom stereocenters. The van der Waals surface area contributed by atoms with Crippen LogP contribution in [-0.2, 0) is 0 Å². The number of rotatable bonds is 1. The Morgan fingerprint density at radius 2 is 2.08 bits per heavy atom. The largest absolute Gasteiger partial charge is 0.238 e. The van der Waals surface area contributed by atoms with E-state index in [4.69, 9.17) is 23.2 Å². The summed E-state index contributed by atoms with van der Waals surface area (Å²) in [6.07, 6.45) is 3.39. The molecule has 0 N–H and O–H groups in total. The number of aromatic nitrogens is 4. The van der Waals surface area contributed by atoms with Crippen LogP contribution in [0.3, 0.4) is 0 Å². The van der Waals surface area contributed by atoms with Crippen LogP contribution in [0.2, 0.25) is 10.3 Å². The van der Waals surface area contributed by atoms with Crippen molar-refractivity contribution in [2.45, 2.75) is 0 Å². The van der Waals surface area contributed by atoms with Crippen molar-refractivity contribution < 1.29 is 0 Å². The van der Waals surface area contributed by atoms with Gasteiger partial charge in [0.1, 0.15) is 5.69 Å². The SMILES string of the molecule is Clc1cc(-n2cccn2)c(Cl)nn1. The zero-order valence-electron chi connectivity index (χ0n) is 6.35. The number of hydrogen-bond acceptors (Lipinski definition) is 3. The maximum atomic E-state index is 5.79. The topological polar surface area (TPSA) is 43.6 Å². The molecule has 0 aliphatic rings. The normalized spacial score (nSPS) is 10.3. The van der Waals surface area contributed by atoms with Crippen molar-refractivity contribution in [1.29, 1.82) is 0 Å². The molecule has 0 saturated heterocycles. The van der Waals surface area contributed by atoms with Gasteiger partial charge in [0.25, 0.3) is 0 Å². The molecule has 0 radical (unpaired) electrons. The molecule has 0 bridgehead atoms. The van der Waals surface area contributed by atoms with Crippen molar-refractivity contribution >= 4 is 23.2 Å². The molecule has 0 aromatic carbocycles. The molecular formula is C7H4Cl2N4. The fraction of sp³-hybridized carbons (Fsp3) is 0. The Bertz CT molecular complexity index is 412. The molecule has 0 aliphatic heterocycles. The Hall–Kier alpha value is -1.13. The first-order valence-corrected chi connectivity index (χ1v) is 4.22. The van der Waals surface area contributed by atoms with Crippen LogP contribution in [0.4, 0.5) is 0 Å². The highest BCUT2D eigenvalue weighted by molar-refractivity contribution is 6.32. The quantitative estimate of drug-likeness (QED) is 0.730. The summed E-state index contributed by atoms with van der Waals surface area (Å²) in [7, 11) is 0. The highest BCUT2D eigenvalue weighted by atomic mass is 35.5. The number of nitrogens with zero attached hydrogens (tertiary/aromatic N) is 4. The number of halogens is 2. The molecule has 6 heteroatoms. The van der Waals surface area contributed by atoms with Crippen LogP contribution in [0, 0.1) is 0 Å². The third-order valence-electron chi connectivity index (χ3n) is 1.45. The summed E-state index contributed by atoms with van der Waals surface area (Å²) in [6, 6.07) is 3.38. The van der Waals surface area contributed by atoms with Crippen LogP contribution in [-0.4, -0.2) is 20.0 Å². The van der Waals surface area contributed by atoms with Crippen molar-refractivity contribution in [1.82, 2.24) is 20.0 Å². The lowest BCUT2D eigenvalue weighted by atomic mass is 10.5. The van der Waals surface area contributed by atoms with Crippen LogP contribution >= 0.6 is 23.2 Å². The van der Waals surface area contributed by atoms with Crippen LogP contribution in [0.15, 0.2) is 24.5 Å². The average molecular weight is 215 g/mol. The molecule has 0 spiro atoms. The van der Waals surface area contributed by atoms with Gasteiger partial charge in [0.15, 0.2) is 10.3 Å². The van der Waals surface area contributed by atoms with Crippen molar-refractivity contribution in [2.75, 3.05) is 0 Å². The second-order valence-corrected chi connectivity index (χ2v) is 3.04. The highest BCUT2D eigenvalue weighted by Gasteiger charge is 2.05. The van der Waals surface area contributed by atoms with Crippen LogP contribution < -0.4 is 0 Å². The number of hydrogen-bond donors (Lipinski definition) is 0. The van der Waals surface area contributed by atoms with Gasteiger partial charge in [-0.1, -0.05) is 23.2 Å². The minimum atomic E-state index is 0.271. The van der Waals surface area contributed by atoms with Gasteiger partial charge >= 0.3 is 0 Å². The van der Waals surface area contributed by atoms with Crippen molar-refractivity contribution in [3.63, 3.8) is 0 Å². The lowest BCUT2D eigenvalue weighted by Gasteiger charge is -2.01. The molecule has 2 aromatic heterocycles. The molecule has 0 fully saturated rings. The maximum absolute atomic E-state index is 5.79. The predicted octanol–water partition coefficient (Wildman–Crippen LogP) is 1.97. The standard InChI is InChI=1S/C7H4Cl2N4/c8-6-4-5(7(9)12-11-6)13-3-1-2-10-13/h1-4H. The van der Waals surface area contributed by atoms with E-state index in [-0.39, 0.29) is 10.3 Å². The van der Waals surface area contributed by atoms with Crippen molar-refractivity contribution in [2.24, 2.45) is 0 Å². The van der Waals surface area contributed by atoms with E-state index in [0.29, 0.717) is 5.69 Å². The van der Waals surface area contributed by atoms with Gasteiger partial charge in [-0.3, -0.25) is 0 Å². The summed E-state index contributed by atoms with van der Waals surface area (Å²) in [5.41, 5.74) is 0.617. The molecule has 2 aromatic rings. The second-order valence-electron chi connectivity index (χ2n) is 2.29. The molecule has 66 valence electrons. The fourth-order valence-corrected chi connectivity index (χ4v) is 1.24. The maximum Gasteiger partial charge on any atom is 0.177 e. The summed E-state index contributed by atoms with van der Waals surface area (Å²) in [6.45, 7) is 0. The van der Waals surface area contributed by atoms with Gasteiger partial charge in [0.2, 0.25) is 0 Å². The first-order chi connectivity index (χ1) is 6.27. The Balaban J connectivity index is 2.57. The molecule has 0 aliphatic carbocycles. The summed E-state index contributed by atoms with van der Waals surface area (Å²) in [5.74, 6) is 0. The van der Waals surface area contributed by atoms with E-state index in [2.05, 4.69) is 15.3 Å². The van der Waals surface area contributed by atoms with Crippen LogP contribution in [0.1, 0.15) is 0 Å². The summed E-state index contributed by atoms with van der Waals surface area (Å²) in [4.78, 5) is 0. The van der Waals surface area contributed by atoms with Gasteiger partial charge in [-0.25, -0.2) is 4.68 Å². The zero-order chi connectivity index (χ0) is 9.26.